The van der Waals surface area contributed by atoms with Gasteiger partial charge in [-0.25, -0.2) is 0 Å². The van der Waals surface area contributed by atoms with Gasteiger partial charge in [0, 0.05) is 10.9 Å². The second-order valence-corrected chi connectivity index (χ2v) is 7.52. The third-order valence-electron chi connectivity index (χ3n) is 5.79. The summed E-state index contributed by atoms with van der Waals surface area (Å²) in [4.78, 5) is 1.62. The number of hydrogen-bond donors (Lipinski definition) is 1. The van der Waals surface area contributed by atoms with Gasteiger partial charge in [0.05, 0.1) is 0 Å². The molecule has 0 aliphatic heterocycles. The molecule has 0 amide bonds. The molecule has 3 fully saturated rings. The van der Waals surface area contributed by atoms with E-state index in [1.807, 2.05) is 11.3 Å². The molecule has 3 aliphatic carbocycles. The molecule has 5 unspecified atom stereocenters. The van der Waals surface area contributed by atoms with Crippen LogP contribution in [0.4, 0.5) is 0 Å². The van der Waals surface area contributed by atoms with Crippen molar-refractivity contribution in [3.8, 4) is 0 Å². The van der Waals surface area contributed by atoms with Crippen LogP contribution in [-0.4, -0.2) is 6.54 Å². The number of rotatable bonds is 4. The van der Waals surface area contributed by atoms with E-state index in [1.54, 1.807) is 11.3 Å². The van der Waals surface area contributed by atoms with Crippen LogP contribution in [0.1, 0.15) is 42.7 Å². The summed E-state index contributed by atoms with van der Waals surface area (Å²) in [6, 6.07) is 2.95. The molecule has 1 nitrogen and oxygen atoms in total. The first-order chi connectivity index (χ1) is 8.81. The van der Waals surface area contributed by atoms with Crippen LogP contribution in [0.15, 0.2) is 11.4 Å². The number of nitrogens with one attached hydrogen (secondary N) is 1. The minimum atomic E-state index is 0.661. The Morgan fingerprint density at radius 1 is 1.33 bits per heavy atom. The van der Waals surface area contributed by atoms with Gasteiger partial charge >= 0.3 is 0 Å². The van der Waals surface area contributed by atoms with E-state index in [0.29, 0.717) is 6.04 Å². The molecule has 18 heavy (non-hydrogen) atoms. The van der Waals surface area contributed by atoms with Crippen molar-refractivity contribution >= 4 is 11.3 Å². The first-order valence-electron chi connectivity index (χ1n) is 7.58. The van der Waals surface area contributed by atoms with Crippen molar-refractivity contribution in [1.82, 2.24) is 5.32 Å². The van der Waals surface area contributed by atoms with Crippen molar-refractivity contribution in [2.24, 2.45) is 29.6 Å². The number of fused-ring (bicyclic) bond motifs is 5. The molecule has 5 atom stereocenters. The Morgan fingerprint density at radius 3 is 2.61 bits per heavy atom. The van der Waals surface area contributed by atoms with Gasteiger partial charge in [0.25, 0.3) is 0 Å². The van der Waals surface area contributed by atoms with E-state index in [0.717, 1.165) is 36.1 Å². The Balaban J connectivity index is 1.60. The van der Waals surface area contributed by atoms with Gasteiger partial charge in [0.1, 0.15) is 0 Å². The molecule has 0 saturated heterocycles. The fourth-order valence-corrected chi connectivity index (χ4v) is 6.22. The maximum absolute atomic E-state index is 3.80. The predicted molar refractivity (Wildman–Crippen MR) is 76.8 cm³/mol. The molecule has 4 rings (SSSR count). The van der Waals surface area contributed by atoms with Crippen molar-refractivity contribution in [2.75, 3.05) is 6.54 Å². The summed E-state index contributed by atoms with van der Waals surface area (Å²) in [7, 11) is 0. The van der Waals surface area contributed by atoms with E-state index in [1.165, 1.54) is 18.4 Å². The van der Waals surface area contributed by atoms with Gasteiger partial charge in [-0.05, 0) is 79.3 Å². The molecule has 1 N–H and O–H groups in total. The largest absolute Gasteiger partial charge is 0.309 e. The van der Waals surface area contributed by atoms with E-state index in [2.05, 4.69) is 30.6 Å². The average molecular weight is 261 g/mol. The normalized spacial score (nSPS) is 42.0. The number of thiophene rings is 1. The zero-order valence-corrected chi connectivity index (χ0v) is 12.2. The van der Waals surface area contributed by atoms with E-state index in [9.17, 15) is 0 Å². The van der Waals surface area contributed by atoms with E-state index >= 15 is 0 Å². The van der Waals surface area contributed by atoms with Crippen LogP contribution in [-0.2, 0) is 0 Å². The van der Waals surface area contributed by atoms with Crippen molar-refractivity contribution in [2.45, 2.75) is 39.2 Å². The Bertz CT molecular complexity index is 436. The minimum absolute atomic E-state index is 0.661. The average Bonchev–Trinajstić information content (AvgIpc) is 2.72. The van der Waals surface area contributed by atoms with E-state index in [4.69, 9.17) is 0 Å². The lowest BCUT2D eigenvalue weighted by Crippen LogP contribution is -2.25. The third kappa shape index (κ3) is 1.48. The maximum Gasteiger partial charge on any atom is 0.0451 e. The SMILES string of the molecule is CCNC(c1sccc1C)C1C2C3CCC(C3)C21. The molecule has 1 heterocycles. The third-order valence-corrected chi connectivity index (χ3v) is 6.89. The van der Waals surface area contributed by atoms with Crippen LogP contribution in [0.3, 0.4) is 0 Å². The standard InChI is InChI=1S/C16H23NS/c1-3-17-15(16-9(2)6-7-18-16)14-12-10-4-5-11(8-10)13(12)14/h6-7,10-15,17H,3-5,8H2,1-2H3. The molecule has 0 aromatic carbocycles. The summed E-state index contributed by atoms with van der Waals surface area (Å²) in [5, 5.41) is 6.06. The fraction of sp³-hybridized carbons (Fsp3) is 0.750. The minimum Gasteiger partial charge on any atom is -0.309 e. The van der Waals surface area contributed by atoms with Gasteiger partial charge in [0.2, 0.25) is 0 Å². The van der Waals surface area contributed by atoms with E-state index < -0.39 is 0 Å². The molecule has 3 aliphatic rings. The highest BCUT2D eigenvalue weighted by atomic mass is 32.1. The second kappa shape index (κ2) is 4.08. The highest BCUT2D eigenvalue weighted by Crippen LogP contribution is 2.72. The quantitative estimate of drug-likeness (QED) is 0.864. The molecular formula is C16H23NS. The summed E-state index contributed by atoms with van der Waals surface area (Å²) >= 11 is 1.96. The van der Waals surface area contributed by atoms with Crippen LogP contribution in [0.25, 0.3) is 0 Å². The molecule has 1 aromatic rings. The second-order valence-electron chi connectivity index (χ2n) is 6.57. The summed E-state index contributed by atoms with van der Waals surface area (Å²) < 4.78 is 0. The predicted octanol–water partition coefficient (Wildman–Crippen LogP) is 4.00. The zero-order valence-electron chi connectivity index (χ0n) is 11.4. The lowest BCUT2D eigenvalue weighted by molar-refractivity contribution is 0.377. The molecule has 2 heteroatoms. The summed E-state index contributed by atoms with van der Waals surface area (Å²) in [5.74, 6) is 5.30. The Morgan fingerprint density at radius 2 is 2.06 bits per heavy atom. The van der Waals surface area contributed by atoms with Crippen molar-refractivity contribution in [1.29, 1.82) is 0 Å². The first kappa shape index (κ1) is 11.5. The number of hydrogen-bond acceptors (Lipinski definition) is 2. The lowest BCUT2D eigenvalue weighted by atomic mass is 9.95. The highest BCUT2D eigenvalue weighted by Gasteiger charge is 2.66. The molecular weight excluding hydrogens is 238 g/mol. The summed E-state index contributed by atoms with van der Waals surface area (Å²) in [6.07, 6.45) is 4.63. The molecule has 2 bridgehead atoms. The summed E-state index contributed by atoms with van der Waals surface area (Å²) in [5.41, 5.74) is 1.50. The summed E-state index contributed by atoms with van der Waals surface area (Å²) in [6.45, 7) is 5.64. The highest BCUT2D eigenvalue weighted by molar-refractivity contribution is 7.10. The fourth-order valence-electron chi connectivity index (χ4n) is 5.16. The van der Waals surface area contributed by atoms with E-state index in [-0.39, 0.29) is 0 Å². The topological polar surface area (TPSA) is 12.0 Å². The smallest absolute Gasteiger partial charge is 0.0451 e. The van der Waals surface area contributed by atoms with Crippen LogP contribution in [0, 0.1) is 36.5 Å². The molecule has 98 valence electrons. The van der Waals surface area contributed by atoms with Crippen molar-refractivity contribution in [3.05, 3.63) is 21.9 Å². The number of aryl methyl sites for hydroxylation is 1. The van der Waals surface area contributed by atoms with Crippen LogP contribution in [0.5, 0.6) is 0 Å². The Kier molecular flexibility index (Phi) is 2.60. The first-order valence-corrected chi connectivity index (χ1v) is 8.46. The van der Waals surface area contributed by atoms with Gasteiger partial charge in [0.15, 0.2) is 0 Å². The Labute approximate surface area is 114 Å². The van der Waals surface area contributed by atoms with Gasteiger partial charge in [-0.15, -0.1) is 11.3 Å². The monoisotopic (exact) mass is 261 g/mol. The van der Waals surface area contributed by atoms with Crippen molar-refractivity contribution in [3.63, 3.8) is 0 Å². The van der Waals surface area contributed by atoms with Crippen molar-refractivity contribution < 1.29 is 0 Å². The van der Waals surface area contributed by atoms with Gasteiger partial charge in [-0.2, -0.15) is 0 Å². The van der Waals surface area contributed by atoms with Gasteiger partial charge in [-0.3, -0.25) is 0 Å². The lowest BCUT2D eigenvalue weighted by Gasteiger charge is -2.21. The Hall–Kier alpha value is -0.340. The van der Waals surface area contributed by atoms with Gasteiger partial charge in [-0.1, -0.05) is 6.92 Å². The van der Waals surface area contributed by atoms with Gasteiger partial charge < -0.3 is 5.32 Å². The van der Waals surface area contributed by atoms with Crippen LogP contribution < -0.4 is 5.32 Å². The molecule has 0 radical (unpaired) electrons. The molecule has 3 saturated carbocycles. The molecule has 0 spiro atoms. The van der Waals surface area contributed by atoms with Crippen LogP contribution in [0.2, 0.25) is 0 Å². The zero-order chi connectivity index (χ0) is 12.3. The van der Waals surface area contributed by atoms with Crippen LogP contribution >= 0.6 is 11.3 Å². The maximum atomic E-state index is 3.80. The molecule has 1 aromatic heterocycles.